The third-order valence-electron chi connectivity index (χ3n) is 7.71. The second-order valence-corrected chi connectivity index (χ2v) is 9.72. The highest BCUT2D eigenvalue weighted by Crippen LogP contribution is 2.37. The molecule has 3 atom stereocenters. The molecule has 3 saturated heterocycles. The minimum absolute atomic E-state index is 0.0513. The molecule has 0 bridgehead atoms. The van der Waals surface area contributed by atoms with Crippen molar-refractivity contribution in [1.29, 1.82) is 0 Å². The fourth-order valence-corrected chi connectivity index (χ4v) is 5.94. The highest BCUT2D eigenvalue weighted by atomic mass is 16.5. The number of hydrogen-bond donors (Lipinski definition) is 0. The largest absolute Gasteiger partial charge is 0.497 e. The zero-order valence-electron chi connectivity index (χ0n) is 20.8. The van der Waals surface area contributed by atoms with Gasteiger partial charge in [0, 0.05) is 45.3 Å². The zero-order chi connectivity index (χ0) is 24.1. The molecule has 4 rings (SSSR count). The van der Waals surface area contributed by atoms with Crippen molar-refractivity contribution in [3.63, 3.8) is 0 Å². The number of benzene rings is 1. The van der Waals surface area contributed by atoms with Gasteiger partial charge in [0.2, 0.25) is 11.8 Å². The third-order valence-corrected chi connectivity index (χ3v) is 7.71. The number of ether oxygens (including phenoxy) is 3. The van der Waals surface area contributed by atoms with Crippen molar-refractivity contribution in [2.75, 3.05) is 65.6 Å². The van der Waals surface area contributed by atoms with E-state index in [0.29, 0.717) is 48.8 Å². The van der Waals surface area contributed by atoms with E-state index in [-0.39, 0.29) is 24.2 Å². The van der Waals surface area contributed by atoms with Crippen LogP contribution >= 0.6 is 0 Å². The molecular weight excluding hydrogens is 434 g/mol. The maximum Gasteiger partial charge on any atom is 0.228 e. The zero-order valence-corrected chi connectivity index (χ0v) is 20.8. The van der Waals surface area contributed by atoms with Crippen molar-refractivity contribution in [3.05, 3.63) is 18.2 Å². The standard InChI is InChI=1S/C26H39N3O5/c1-32-14-13-28(17-19-7-6-12-27-11-5-4-8-22(19)27)26(31)20-15-25(30)29(18-20)23-10-9-21(33-2)16-24(23)34-3/h9-10,16,19-20,22H,4-8,11-15,17-18H2,1-3H3/t19-,20-,22+/m0/s1. The summed E-state index contributed by atoms with van der Waals surface area (Å²) in [6, 6.07) is 5.97. The van der Waals surface area contributed by atoms with Crippen molar-refractivity contribution in [2.24, 2.45) is 11.8 Å². The molecule has 2 amide bonds. The number of fused-ring (bicyclic) bond motifs is 1. The van der Waals surface area contributed by atoms with Gasteiger partial charge in [-0.1, -0.05) is 6.42 Å². The Labute approximate surface area is 203 Å². The molecule has 8 heteroatoms. The van der Waals surface area contributed by atoms with E-state index < -0.39 is 0 Å². The van der Waals surface area contributed by atoms with Crippen LogP contribution in [0.3, 0.4) is 0 Å². The van der Waals surface area contributed by atoms with Crippen LogP contribution in [-0.2, 0) is 14.3 Å². The van der Waals surface area contributed by atoms with Crippen LogP contribution in [0.1, 0.15) is 38.5 Å². The summed E-state index contributed by atoms with van der Waals surface area (Å²) in [7, 11) is 4.84. The summed E-state index contributed by atoms with van der Waals surface area (Å²) in [5, 5.41) is 0. The molecular formula is C26H39N3O5. The van der Waals surface area contributed by atoms with Crippen molar-refractivity contribution < 1.29 is 23.8 Å². The minimum Gasteiger partial charge on any atom is -0.497 e. The number of amides is 2. The lowest BCUT2D eigenvalue weighted by Gasteiger charge is -2.46. The second-order valence-electron chi connectivity index (χ2n) is 9.72. The minimum atomic E-state index is -0.359. The number of rotatable bonds is 9. The molecule has 0 N–H and O–H groups in total. The van der Waals surface area contributed by atoms with Crippen LogP contribution in [0.2, 0.25) is 0 Å². The maximum atomic E-state index is 13.7. The average molecular weight is 474 g/mol. The van der Waals surface area contributed by atoms with Crippen LogP contribution in [0.4, 0.5) is 5.69 Å². The van der Waals surface area contributed by atoms with E-state index >= 15 is 0 Å². The SMILES string of the molecule is COCCN(C[C@@H]1CCCN2CCCC[C@H]12)C(=O)[C@H]1CC(=O)N(c2ccc(OC)cc2OC)C1. The first kappa shape index (κ1) is 24.8. The smallest absolute Gasteiger partial charge is 0.228 e. The molecule has 3 aliphatic heterocycles. The molecule has 34 heavy (non-hydrogen) atoms. The van der Waals surface area contributed by atoms with E-state index in [1.807, 2.05) is 17.0 Å². The summed E-state index contributed by atoms with van der Waals surface area (Å²) in [6.07, 6.45) is 6.36. The molecule has 0 aromatic heterocycles. The van der Waals surface area contributed by atoms with Gasteiger partial charge in [0.05, 0.1) is 32.4 Å². The van der Waals surface area contributed by atoms with Gasteiger partial charge in [0.25, 0.3) is 0 Å². The van der Waals surface area contributed by atoms with Crippen LogP contribution in [0.15, 0.2) is 18.2 Å². The molecule has 3 heterocycles. The number of carbonyl (C=O) groups excluding carboxylic acids is 2. The van der Waals surface area contributed by atoms with Gasteiger partial charge in [-0.25, -0.2) is 0 Å². The normalized spacial score (nSPS) is 25.2. The van der Waals surface area contributed by atoms with Crippen LogP contribution in [0, 0.1) is 11.8 Å². The van der Waals surface area contributed by atoms with Gasteiger partial charge in [-0.3, -0.25) is 9.59 Å². The van der Waals surface area contributed by atoms with Gasteiger partial charge >= 0.3 is 0 Å². The first-order valence-corrected chi connectivity index (χ1v) is 12.6. The molecule has 1 aromatic carbocycles. The Morgan fingerprint density at radius 2 is 1.91 bits per heavy atom. The first-order valence-electron chi connectivity index (χ1n) is 12.6. The Morgan fingerprint density at radius 3 is 2.68 bits per heavy atom. The topological polar surface area (TPSA) is 71.6 Å². The molecule has 0 radical (unpaired) electrons. The average Bonchev–Trinajstić information content (AvgIpc) is 3.26. The molecule has 3 aliphatic rings. The van der Waals surface area contributed by atoms with Gasteiger partial charge in [-0.2, -0.15) is 0 Å². The Morgan fingerprint density at radius 1 is 1.09 bits per heavy atom. The molecule has 3 fully saturated rings. The van der Waals surface area contributed by atoms with Gasteiger partial charge < -0.3 is 28.9 Å². The lowest BCUT2D eigenvalue weighted by molar-refractivity contribution is -0.137. The Balaban J connectivity index is 1.47. The number of anilines is 1. The summed E-state index contributed by atoms with van der Waals surface area (Å²) in [5.41, 5.74) is 0.678. The molecule has 188 valence electrons. The van der Waals surface area contributed by atoms with Crippen LogP contribution in [0.25, 0.3) is 0 Å². The maximum absolute atomic E-state index is 13.7. The first-order chi connectivity index (χ1) is 16.5. The van der Waals surface area contributed by atoms with Crippen LogP contribution in [-0.4, -0.2) is 88.3 Å². The van der Waals surface area contributed by atoms with E-state index in [1.54, 1.807) is 32.3 Å². The van der Waals surface area contributed by atoms with E-state index in [9.17, 15) is 9.59 Å². The quantitative estimate of drug-likeness (QED) is 0.549. The summed E-state index contributed by atoms with van der Waals surface area (Å²) in [4.78, 5) is 32.9. The molecule has 0 aliphatic carbocycles. The van der Waals surface area contributed by atoms with Crippen LogP contribution in [0.5, 0.6) is 11.5 Å². The number of carbonyl (C=O) groups is 2. The predicted octanol–water partition coefficient (Wildman–Crippen LogP) is 2.80. The number of hydrogen-bond acceptors (Lipinski definition) is 6. The highest BCUT2D eigenvalue weighted by Gasteiger charge is 2.40. The van der Waals surface area contributed by atoms with Crippen molar-refractivity contribution in [1.82, 2.24) is 9.80 Å². The van der Waals surface area contributed by atoms with Gasteiger partial charge in [0.1, 0.15) is 11.5 Å². The van der Waals surface area contributed by atoms with E-state index in [0.717, 1.165) is 13.0 Å². The number of piperidine rings is 2. The molecule has 1 aromatic rings. The van der Waals surface area contributed by atoms with Gasteiger partial charge in [-0.05, 0) is 56.8 Å². The Kier molecular flexibility index (Phi) is 8.32. The number of methoxy groups -OCH3 is 3. The second kappa shape index (κ2) is 11.4. The summed E-state index contributed by atoms with van der Waals surface area (Å²) < 4.78 is 16.1. The summed E-state index contributed by atoms with van der Waals surface area (Å²) >= 11 is 0. The highest BCUT2D eigenvalue weighted by molar-refractivity contribution is 6.01. The summed E-state index contributed by atoms with van der Waals surface area (Å²) in [6.45, 7) is 4.55. The fourth-order valence-electron chi connectivity index (χ4n) is 5.94. The fraction of sp³-hybridized carbons (Fsp3) is 0.692. The van der Waals surface area contributed by atoms with Crippen LogP contribution < -0.4 is 14.4 Å². The predicted molar refractivity (Wildman–Crippen MR) is 130 cm³/mol. The molecule has 0 saturated carbocycles. The van der Waals surface area contributed by atoms with E-state index in [4.69, 9.17) is 14.2 Å². The molecule has 0 spiro atoms. The van der Waals surface area contributed by atoms with Crippen molar-refractivity contribution in [3.8, 4) is 11.5 Å². The monoisotopic (exact) mass is 473 g/mol. The third kappa shape index (κ3) is 5.33. The molecule has 0 unspecified atom stereocenters. The Hall–Kier alpha value is -2.32. The Bertz CT molecular complexity index is 861. The lowest BCUT2D eigenvalue weighted by atomic mass is 9.83. The summed E-state index contributed by atoms with van der Waals surface area (Å²) in [5.74, 6) is 1.37. The van der Waals surface area contributed by atoms with Crippen molar-refractivity contribution in [2.45, 2.75) is 44.6 Å². The van der Waals surface area contributed by atoms with Crippen molar-refractivity contribution >= 4 is 17.5 Å². The number of nitrogens with zero attached hydrogens (tertiary/aromatic N) is 3. The van der Waals surface area contributed by atoms with E-state index in [2.05, 4.69) is 4.90 Å². The van der Waals surface area contributed by atoms with Gasteiger partial charge in [0.15, 0.2) is 0 Å². The lowest BCUT2D eigenvalue weighted by Crippen LogP contribution is -2.52. The van der Waals surface area contributed by atoms with E-state index in [1.165, 1.54) is 38.8 Å². The molecule has 8 nitrogen and oxygen atoms in total. The van der Waals surface area contributed by atoms with Gasteiger partial charge in [-0.15, -0.1) is 0 Å².